The Morgan fingerprint density at radius 1 is 0.774 bits per heavy atom. The molecule has 0 aliphatic heterocycles. The van der Waals surface area contributed by atoms with Gasteiger partial charge in [0, 0.05) is 35.3 Å². The minimum Gasteiger partial charge on any atom is -0.322 e. The molecule has 0 spiro atoms. The molecule has 5 aromatic rings. The van der Waals surface area contributed by atoms with Gasteiger partial charge >= 0.3 is 0 Å². The molecular formula is C61H57N. The van der Waals surface area contributed by atoms with Crippen molar-refractivity contribution >= 4 is 22.8 Å². The van der Waals surface area contributed by atoms with Crippen LogP contribution in [0.1, 0.15) is 84.9 Å². The number of aryl methyl sites for hydroxylation is 1. The molecule has 0 bridgehead atoms. The lowest BCUT2D eigenvalue weighted by Gasteiger charge is -2.36. The Labute approximate surface area is 369 Å². The van der Waals surface area contributed by atoms with Crippen molar-refractivity contribution in [2.24, 2.45) is 11.8 Å². The third-order valence-electron chi connectivity index (χ3n) is 13.7. The van der Waals surface area contributed by atoms with Crippen LogP contribution in [0, 0.1) is 18.8 Å². The molecule has 0 amide bonds. The van der Waals surface area contributed by atoms with E-state index in [-0.39, 0.29) is 5.92 Å². The molecule has 3 atom stereocenters. The fourth-order valence-electron chi connectivity index (χ4n) is 10.5. The van der Waals surface area contributed by atoms with Crippen molar-refractivity contribution in [3.05, 3.63) is 273 Å². The third-order valence-corrected chi connectivity index (χ3v) is 13.7. The van der Waals surface area contributed by atoms with E-state index in [0.717, 1.165) is 19.3 Å². The zero-order valence-corrected chi connectivity index (χ0v) is 36.6. The maximum Gasteiger partial charge on any atom is 0.0710 e. The number of benzene rings is 5. The number of fused-ring (bicyclic) bond motifs is 3. The van der Waals surface area contributed by atoms with Crippen LogP contribution >= 0.6 is 0 Å². The highest BCUT2D eigenvalue weighted by Gasteiger charge is 2.46. The summed E-state index contributed by atoms with van der Waals surface area (Å²) < 4.78 is 0. The first-order valence-electron chi connectivity index (χ1n) is 22.4. The Balaban J connectivity index is 1.12. The van der Waals surface area contributed by atoms with E-state index in [9.17, 15) is 0 Å². The third kappa shape index (κ3) is 7.41. The molecule has 0 aromatic heterocycles. The van der Waals surface area contributed by atoms with Gasteiger partial charge in [-0.1, -0.05) is 188 Å². The minimum atomic E-state index is -0.478. The van der Waals surface area contributed by atoms with E-state index in [2.05, 4.69) is 246 Å². The average molecular weight is 804 g/mol. The predicted octanol–water partition coefficient (Wildman–Crippen LogP) is 13.8. The Kier molecular flexibility index (Phi) is 11.6. The minimum absolute atomic E-state index is 0.176. The molecule has 4 aliphatic rings. The van der Waals surface area contributed by atoms with Crippen molar-refractivity contribution in [3.63, 3.8) is 0 Å². The molecule has 1 heteroatoms. The van der Waals surface area contributed by atoms with Gasteiger partial charge in [-0.25, -0.2) is 0 Å². The Bertz CT molecular complexity index is 2850. The summed E-state index contributed by atoms with van der Waals surface area (Å²) in [5.74, 6) is 0.953. The first-order valence-corrected chi connectivity index (χ1v) is 22.4. The largest absolute Gasteiger partial charge is 0.322 e. The van der Waals surface area contributed by atoms with E-state index < -0.39 is 5.41 Å². The molecule has 9 rings (SSSR count). The second-order valence-electron chi connectivity index (χ2n) is 17.2. The molecule has 5 aromatic carbocycles. The summed E-state index contributed by atoms with van der Waals surface area (Å²) in [6, 6.07) is 47.0. The van der Waals surface area contributed by atoms with Crippen LogP contribution in [0.3, 0.4) is 0 Å². The molecule has 0 fully saturated rings. The van der Waals surface area contributed by atoms with Crippen LogP contribution in [-0.4, -0.2) is 4.90 Å². The van der Waals surface area contributed by atoms with Gasteiger partial charge in [-0.2, -0.15) is 0 Å². The van der Waals surface area contributed by atoms with Gasteiger partial charge in [0.25, 0.3) is 0 Å². The van der Waals surface area contributed by atoms with Crippen molar-refractivity contribution in [2.45, 2.75) is 58.3 Å². The smallest absolute Gasteiger partial charge is 0.0710 e. The normalized spacial score (nSPS) is 19.4. The monoisotopic (exact) mass is 803 g/mol. The summed E-state index contributed by atoms with van der Waals surface area (Å²) in [5, 5.41) is 2.74. The van der Waals surface area contributed by atoms with Crippen LogP contribution < -0.4 is 10.4 Å². The maximum absolute atomic E-state index is 4.33. The van der Waals surface area contributed by atoms with Crippen molar-refractivity contribution in [2.75, 3.05) is 0 Å². The lowest BCUT2D eigenvalue weighted by molar-refractivity contribution is 0.575. The Morgan fingerprint density at radius 3 is 2.19 bits per heavy atom. The molecule has 0 heterocycles. The molecular weight excluding hydrogens is 747 g/mol. The first kappa shape index (κ1) is 40.7. The van der Waals surface area contributed by atoms with Gasteiger partial charge in [0.05, 0.1) is 5.41 Å². The van der Waals surface area contributed by atoms with E-state index in [1.165, 1.54) is 83.1 Å². The van der Waals surface area contributed by atoms with Gasteiger partial charge in [0.2, 0.25) is 0 Å². The molecule has 0 saturated heterocycles. The molecule has 0 radical (unpaired) electrons. The zero-order valence-electron chi connectivity index (χ0n) is 36.6. The summed E-state index contributed by atoms with van der Waals surface area (Å²) in [6.45, 7) is 13.3. The highest BCUT2D eigenvalue weighted by atomic mass is 15.1. The van der Waals surface area contributed by atoms with Gasteiger partial charge in [0.15, 0.2) is 0 Å². The van der Waals surface area contributed by atoms with Crippen LogP contribution in [0.25, 0.3) is 22.8 Å². The Hall–Kier alpha value is -6.70. The van der Waals surface area contributed by atoms with Crippen molar-refractivity contribution in [1.29, 1.82) is 0 Å². The average Bonchev–Trinajstić information content (AvgIpc) is 3.58. The molecule has 1 nitrogen and oxygen atoms in total. The number of nitrogens with zero attached hydrogens (tertiary/aromatic N) is 1. The van der Waals surface area contributed by atoms with Crippen molar-refractivity contribution in [3.8, 4) is 0 Å². The van der Waals surface area contributed by atoms with Gasteiger partial charge in [-0.05, 0) is 131 Å². The number of allylic oxidation sites excluding steroid dienone is 15. The standard InChI is InChI=1S/C61H57N/c1-6-46(54(7-2)55-28-16-14-21-43(55)3)23-20-40-62(53-38-36-47(37-39-53)50-35-34-49-33-32-48-22-15-17-30-57(48)58(49)42-50)44(4)41-60-45(5)56-29-18-19-31-59(56)61(60,51-24-10-8-11-25-51)52-26-12-9-13-27-52/h6-22,24-31,33-36,38-42,46-48H,1,23,32,37H2,2-5H3/b40-20+,44-41+,54-7-. The quantitative estimate of drug-likeness (QED) is 0.114. The van der Waals surface area contributed by atoms with Gasteiger partial charge in [-0.15, -0.1) is 6.58 Å². The van der Waals surface area contributed by atoms with E-state index >= 15 is 0 Å². The maximum atomic E-state index is 4.33. The van der Waals surface area contributed by atoms with Gasteiger partial charge < -0.3 is 4.90 Å². The second kappa shape index (κ2) is 17.7. The predicted molar refractivity (Wildman–Crippen MR) is 264 cm³/mol. The highest BCUT2D eigenvalue weighted by molar-refractivity contribution is 5.86. The summed E-state index contributed by atoms with van der Waals surface area (Å²) in [7, 11) is 0. The van der Waals surface area contributed by atoms with E-state index in [4.69, 9.17) is 0 Å². The van der Waals surface area contributed by atoms with Crippen LogP contribution in [0.15, 0.2) is 224 Å². The molecule has 4 aliphatic carbocycles. The van der Waals surface area contributed by atoms with E-state index in [1.54, 1.807) is 0 Å². The summed E-state index contributed by atoms with van der Waals surface area (Å²) >= 11 is 0. The summed E-state index contributed by atoms with van der Waals surface area (Å²) in [4.78, 5) is 2.42. The zero-order chi connectivity index (χ0) is 42.6. The lowest BCUT2D eigenvalue weighted by atomic mass is 9.66. The molecule has 0 saturated carbocycles. The van der Waals surface area contributed by atoms with Gasteiger partial charge in [0.1, 0.15) is 0 Å². The summed E-state index contributed by atoms with van der Waals surface area (Å²) in [6.07, 6.45) is 33.0. The van der Waals surface area contributed by atoms with Gasteiger partial charge in [-0.3, -0.25) is 0 Å². The van der Waals surface area contributed by atoms with E-state index in [0.29, 0.717) is 11.8 Å². The molecule has 3 unspecified atom stereocenters. The molecule has 306 valence electrons. The highest BCUT2D eigenvalue weighted by Crippen LogP contribution is 2.55. The fourth-order valence-corrected chi connectivity index (χ4v) is 10.5. The lowest BCUT2D eigenvalue weighted by Crippen LogP contribution is -2.33. The van der Waals surface area contributed by atoms with Crippen molar-refractivity contribution < 1.29 is 0 Å². The topological polar surface area (TPSA) is 3.24 Å². The fraction of sp³-hybridized carbons (Fsp3) is 0.180. The van der Waals surface area contributed by atoms with Crippen LogP contribution in [0.5, 0.6) is 0 Å². The number of rotatable bonds is 12. The second-order valence-corrected chi connectivity index (χ2v) is 17.2. The first-order chi connectivity index (χ1) is 30.4. The molecule has 0 N–H and O–H groups in total. The van der Waals surface area contributed by atoms with Crippen LogP contribution in [0.4, 0.5) is 0 Å². The number of hydrogen-bond donors (Lipinski definition) is 0. The van der Waals surface area contributed by atoms with Crippen molar-refractivity contribution in [1.82, 2.24) is 4.90 Å². The number of hydrogen-bond acceptors (Lipinski definition) is 1. The van der Waals surface area contributed by atoms with Crippen LogP contribution in [-0.2, 0) is 5.41 Å². The molecule has 62 heavy (non-hydrogen) atoms. The Morgan fingerprint density at radius 2 is 1.48 bits per heavy atom. The van der Waals surface area contributed by atoms with Crippen LogP contribution in [0.2, 0.25) is 0 Å². The van der Waals surface area contributed by atoms with E-state index in [1.807, 2.05) is 0 Å². The SMILES string of the molecule is C=CC(C/C=C/N(C1=CCC(c2ccc3c(c2)=C2C=CC=CC2CC=3)C=C1)/C(C)=C/C1=C(C)c2ccccc2C1(c1ccccc1)c1ccccc1)/C(=C/C)c1ccccc1C. The summed E-state index contributed by atoms with van der Waals surface area (Å²) in [5.41, 5.74) is 16.4.